The second kappa shape index (κ2) is 10.7. The highest BCUT2D eigenvalue weighted by molar-refractivity contribution is 8.15. The van der Waals surface area contributed by atoms with Crippen molar-refractivity contribution in [3.63, 3.8) is 0 Å². The standard InChI is InChI=1S/C19H18N6OS2/c1-26-5-2-6-27-13-28-19-17(8-20)16(14-3-4-23-24-11-14)7-18(25-19)15-9-21-12-22-10-15/h3-4,7,9-12H,2,5-6,13H2,1H3. The molecule has 0 saturated heterocycles. The van der Waals surface area contributed by atoms with Crippen molar-refractivity contribution >= 4 is 23.5 Å². The van der Waals surface area contributed by atoms with Gasteiger partial charge in [-0.05, 0) is 24.3 Å². The van der Waals surface area contributed by atoms with Gasteiger partial charge in [-0.25, -0.2) is 15.0 Å². The van der Waals surface area contributed by atoms with E-state index >= 15 is 0 Å². The fourth-order valence-electron chi connectivity index (χ4n) is 2.45. The molecule has 0 aromatic carbocycles. The minimum Gasteiger partial charge on any atom is -0.385 e. The van der Waals surface area contributed by atoms with E-state index in [1.165, 1.54) is 6.33 Å². The zero-order valence-electron chi connectivity index (χ0n) is 15.3. The lowest BCUT2D eigenvalue weighted by molar-refractivity contribution is 0.200. The molecular formula is C19H18N6OS2. The molecule has 0 fully saturated rings. The van der Waals surface area contributed by atoms with Gasteiger partial charge in [-0.3, -0.25) is 0 Å². The van der Waals surface area contributed by atoms with Gasteiger partial charge in [0.1, 0.15) is 17.4 Å². The summed E-state index contributed by atoms with van der Waals surface area (Å²) in [6.45, 7) is 0.752. The second-order valence-electron chi connectivity index (χ2n) is 5.62. The molecular weight excluding hydrogens is 392 g/mol. The van der Waals surface area contributed by atoms with Crippen molar-refractivity contribution in [3.05, 3.63) is 48.8 Å². The van der Waals surface area contributed by atoms with Gasteiger partial charge in [0.25, 0.3) is 0 Å². The molecule has 7 nitrogen and oxygen atoms in total. The van der Waals surface area contributed by atoms with E-state index in [0.717, 1.165) is 46.2 Å². The first kappa shape index (κ1) is 20.2. The average Bonchev–Trinajstić information content (AvgIpc) is 2.76. The van der Waals surface area contributed by atoms with Crippen LogP contribution in [0.3, 0.4) is 0 Å². The van der Waals surface area contributed by atoms with Crippen molar-refractivity contribution in [2.75, 3.05) is 24.6 Å². The molecule has 3 rings (SSSR count). The number of ether oxygens (including phenoxy) is 1. The molecule has 3 aromatic rings. The Kier molecular flexibility index (Phi) is 7.72. The van der Waals surface area contributed by atoms with Crippen LogP contribution in [0.4, 0.5) is 0 Å². The van der Waals surface area contributed by atoms with E-state index in [1.54, 1.807) is 55.4 Å². The first-order chi connectivity index (χ1) is 13.8. The largest absolute Gasteiger partial charge is 0.385 e. The summed E-state index contributed by atoms with van der Waals surface area (Å²) in [7, 11) is 1.71. The monoisotopic (exact) mass is 410 g/mol. The van der Waals surface area contributed by atoms with Crippen molar-refractivity contribution in [2.45, 2.75) is 11.4 Å². The molecule has 0 radical (unpaired) electrons. The first-order valence-corrected chi connectivity index (χ1v) is 10.6. The Bertz CT molecular complexity index is 934. The fraction of sp³-hybridized carbons (Fsp3) is 0.263. The van der Waals surface area contributed by atoms with Gasteiger partial charge < -0.3 is 4.74 Å². The van der Waals surface area contributed by atoms with Crippen LogP contribution in [0.2, 0.25) is 0 Å². The highest BCUT2D eigenvalue weighted by Gasteiger charge is 2.16. The number of nitriles is 1. The molecule has 3 aromatic heterocycles. The predicted molar refractivity (Wildman–Crippen MR) is 111 cm³/mol. The minimum atomic E-state index is 0.538. The van der Waals surface area contributed by atoms with Gasteiger partial charge in [-0.15, -0.1) is 0 Å². The maximum atomic E-state index is 9.81. The van der Waals surface area contributed by atoms with Gasteiger partial charge in [-0.1, -0.05) is 11.8 Å². The van der Waals surface area contributed by atoms with Crippen molar-refractivity contribution in [2.24, 2.45) is 0 Å². The fourth-order valence-corrected chi connectivity index (χ4v) is 4.49. The van der Waals surface area contributed by atoms with Gasteiger partial charge in [0, 0.05) is 47.9 Å². The molecule has 0 amide bonds. The number of pyridine rings is 1. The summed E-state index contributed by atoms with van der Waals surface area (Å²) >= 11 is 3.36. The van der Waals surface area contributed by atoms with Crippen molar-refractivity contribution < 1.29 is 4.74 Å². The summed E-state index contributed by atoms with van der Waals surface area (Å²) in [4.78, 5) is 12.9. The molecule has 0 aliphatic heterocycles. The Hall–Kier alpha value is -2.54. The zero-order valence-corrected chi connectivity index (χ0v) is 16.9. The lowest BCUT2D eigenvalue weighted by atomic mass is 10.0. The van der Waals surface area contributed by atoms with Crippen LogP contribution in [0, 0.1) is 11.3 Å². The molecule has 0 aliphatic carbocycles. The first-order valence-electron chi connectivity index (χ1n) is 8.50. The molecule has 0 aliphatic rings. The number of hydrogen-bond acceptors (Lipinski definition) is 9. The van der Waals surface area contributed by atoms with Crippen LogP contribution in [0.25, 0.3) is 22.4 Å². The van der Waals surface area contributed by atoms with E-state index in [9.17, 15) is 5.26 Å². The van der Waals surface area contributed by atoms with Crippen LogP contribution in [0.1, 0.15) is 12.0 Å². The van der Waals surface area contributed by atoms with E-state index in [0.29, 0.717) is 10.6 Å². The SMILES string of the molecule is COCCCSCSc1nc(-c2cncnc2)cc(-c2ccnnc2)c1C#N. The number of methoxy groups -OCH3 is 1. The lowest BCUT2D eigenvalue weighted by Crippen LogP contribution is -1.97. The third-order valence-corrected chi connectivity index (χ3v) is 6.05. The Morgan fingerprint density at radius 3 is 2.71 bits per heavy atom. The highest BCUT2D eigenvalue weighted by Crippen LogP contribution is 2.34. The molecule has 9 heteroatoms. The third kappa shape index (κ3) is 5.25. The Balaban J connectivity index is 1.94. The van der Waals surface area contributed by atoms with E-state index in [1.807, 2.05) is 12.1 Å². The molecule has 0 unspecified atom stereocenters. The average molecular weight is 411 g/mol. The summed E-state index contributed by atoms with van der Waals surface area (Å²) in [6.07, 6.45) is 9.16. The molecule has 0 saturated carbocycles. The summed E-state index contributed by atoms with van der Waals surface area (Å²) in [5.41, 5.74) is 3.65. The third-order valence-electron chi connectivity index (χ3n) is 3.77. The normalized spacial score (nSPS) is 10.6. The molecule has 0 bridgehead atoms. The number of aromatic nitrogens is 5. The van der Waals surface area contributed by atoms with Crippen LogP contribution in [0.5, 0.6) is 0 Å². The van der Waals surface area contributed by atoms with E-state index in [-0.39, 0.29) is 0 Å². The van der Waals surface area contributed by atoms with Crippen molar-refractivity contribution in [1.82, 2.24) is 25.1 Å². The van der Waals surface area contributed by atoms with Crippen LogP contribution in [-0.2, 0) is 4.74 Å². The second-order valence-corrected chi connectivity index (χ2v) is 8.06. The summed E-state index contributed by atoms with van der Waals surface area (Å²) in [5.74, 6) is 0.996. The number of rotatable bonds is 9. The molecule has 28 heavy (non-hydrogen) atoms. The van der Waals surface area contributed by atoms with Crippen LogP contribution >= 0.6 is 23.5 Å². The molecule has 142 valence electrons. The quantitative estimate of drug-likeness (QED) is 0.297. The summed E-state index contributed by atoms with van der Waals surface area (Å²) < 4.78 is 5.07. The van der Waals surface area contributed by atoms with E-state index in [2.05, 4.69) is 26.2 Å². The Morgan fingerprint density at radius 1 is 1.14 bits per heavy atom. The van der Waals surface area contributed by atoms with Gasteiger partial charge in [-0.2, -0.15) is 27.2 Å². The topological polar surface area (TPSA) is 97.5 Å². The Labute approximate surface area is 172 Å². The minimum absolute atomic E-state index is 0.538. The smallest absolute Gasteiger partial charge is 0.116 e. The Morgan fingerprint density at radius 2 is 2.00 bits per heavy atom. The maximum Gasteiger partial charge on any atom is 0.116 e. The number of hydrogen-bond donors (Lipinski definition) is 0. The molecule has 0 spiro atoms. The van der Waals surface area contributed by atoms with Crippen molar-refractivity contribution in [3.8, 4) is 28.5 Å². The van der Waals surface area contributed by atoms with E-state index < -0.39 is 0 Å². The summed E-state index contributed by atoms with van der Waals surface area (Å²) in [6, 6.07) is 6.03. The van der Waals surface area contributed by atoms with Crippen LogP contribution < -0.4 is 0 Å². The molecule has 0 N–H and O–H groups in total. The lowest BCUT2D eigenvalue weighted by Gasteiger charge is -2.12. The van der Waals surface area contributed by atoms with Gasteiger partial charge in [0.2, 0.25) is 0 Å². The molecule has 0 atom stereocenters. The predicted octanol–water partition coefficient (Wildman–Crippen LogP) is 3.69. The number of thioether (sulfide) groups is 2. The zero-order chi connectivity index (χ0) is 19.6. The van der Waals surface area contributed by atoms with Crippen LogP contribution in [-0.4, -0.2) is 49.7 Å². The molecule has 3 heterocycles. The summed E-state index contributed by atoms with van der Waals surface area (Å²) in [5, 5.41) is 19.1. The highest BCUT2D eigenvalue weighted by atomic mass is 32.2. The van der Waals surface area contributed by atoms with E-state index in [4.69, 9.17) is 9.72 Å². The van der Waals surface area contributed by atoms with Crippen molar-refractivity contribution in [1.29, 1.82) is 5.26 Å². The van der Waals surface area contributed by atoms with Crippen LogP contribution in [0.15, 0.2) is 48.3 Å². The van der Waals surface area contributed by atoms with Gasteiger partial charge in [0.15, 0.2) is 0 Å². The van der Waals surface area contributed by atoms with Gasteiger partial charge >= 0.3 is 0 Å². The van der Waals surface area contributed by atoms with Gasteiger partial charge in [0.05, 0.1) is 23.7 Å². The maximum absolute atomic E-state index is 9.81. The number of nitrogens with zero attached hydrogens (tertiary/aromatic N) is 6.